The number of aryl methyl sites for hydroxylation is 1. The average Bonchev–Trinajstić information content (AvgIpc) is 3.24. The van der Waals surface area contributed by atoms with Gasteiger partial charge >= 0.3 is 0 Å². The van der Waals surface area contributed by atoms with Gasteiger partial charge in [0, 0.05) is 31.0 Å². The average molecular weight is 517 g/mol. The van der Waals surface area contributed by atoms with Crippen molar-refractivity contribution in [2.24, 2.45) is 5.92 Å². The Bertz CT molecular complexity index is 1580. The van der Waals surface area contributed by atoms with E-state index in [1.54, 1.807) is 11.1 Å². The molecule has 0 spiro atoms. The number of aromatic amines is 1. The minimum absolute atomic E-state index is 0.107. The molecule has 1 aliphatic rings. The van der Waals surface area contributed by atoms with E-state index in [0.29, 0.717) is 29.4 Å². The number of aromatic nitrogens is 4. The van der Waals surface area contributed by atoms with Crippen LogP contribution in [0.1, 0.15) is 47.6 Å². The number of hydrogen-bond acceptors (Lipinski definition) is 5. The zero-order valence-corrected chi connectivity index (χ0v) is 22.3. The number of likely N-dealkylation sites (tertiary alicyclic amines) is 1. The molecule has 5 heterocycles. The van der Waals surface area contributed by atoms with Crippen molar-refractivity contribution in [3.8, 4) is 5.69 Å². The van der Waals surface area contributed by atoms with Gasteiger partial charge in [-0.2, -0.15) is 0 Å². The van der Waals surface area contributed by atoms with Crippen LogP contribution in [0.3, 0.4) is 0 Å². The molecule has 9 heteroatoms. The molecule has 0 aliphatic carbocycles. The summed E-state index contributed by atoms with van der Waals surface area (Å²) in [6.45, 7) is 15.5. The van der Waals surface area contributed by atoms with Crippen molar-refractivity contribution in [2.75, 3.05) is 13.1 Å². The number of H-pyrrole nitrogens is 1. The largest absolute Gasteiger partial charge is 0.347 e. The summed E-state index contributed by atoms with van der Waals surface area (Å²) in [7, 11) is 0. The molecule has 1 aliphatic heterocycles. The van der Waals surface area contributed by atoms with Gasteiger partial charge in [-0.1, -0.05) is 27.0 Å². The maximum absolute atomic E-state index is 13.4. The monoisotopic (exact) mass is 516 g/mol. The Morgan fingerprint density at radius 2 is 2.16 bits per heavy atom. The van der Waals surface area contributed by atoms with Crippen LogP contribution in [0.15, 0.2) is 37.2 Å². The van der Waals surface area contributed by atoms with Crippen LogP contribution in [-0.4, -0.2) is 55.4 Å². The van der Waals surface area contributed by atoms with Crippen LogP contribution in [0.25, 0.3) is 33.5 Å². The fraction of sp³-hybridized carbons (Fsp3) is 0.357. The van der Waals surface area contributed by atoms with Gasteiger partial charge in [-0.25, -0.2) is 4.98 Å². The van der Waals surface area contributed by atoms with Crippen molar-refractivity contribution < 1.29 is 9.59 Å². The van der Waals surface area contributed by atoms with Crippen molar-refractivity contribution in [1.82, 2.24) is 29.7 Å². The lowest BCUT2D eigenvalue weighted by molar-refractivity contribution is -0.127. The molecule has 0 radical (unpaired) electrons. The summed E-state index contributed by atoms with van der Waals surface area (Å²) in [5, 5.41) is 4.03. The van der Waals surface area contributed by atoms with Crippen LogP contribution in [0, 0.1) is 12.8 Å². The van der Waals surface area contributed by atoms with Gasteiger partial charge in [0.25, 0.3) is 5.91 Å². The second-order valence-corrected chi connectivity index (χ2v) is 11.1. The summed E-state index contributed by atoms with van der Waals surface area (Å²) in [6, 6.07) is 3.97. The molecule has 1 saturated heterocycles. The number of carbonyl (C=O) groups is 2. The number of nitrogens with zero attached hydrogens (tertiary/aromatic N) is 4. The highest BCUT2D eigenvalue weighted by atomic mass is 32.1. The van der Waals surface area contributed by atoms with Gasteiger partial charge in [0.2, 0.25) is 5.91 Å². The van der Waals surface area contributed by atoms with Crippen LogP contribution >= 0.6 is 11.3 Å². The molecule has 5 rings (SSSR count). The number of carbonyl (C=O) groups excluding carboxylic acids is 2. The number of rotatable bonds is 6. The molecule has 1 fully saturated rings. The fourth-order valence-electron chi connectivity index (χ4n) is 5.14. The van der Waals surface area contributed by atoms with Gasteiger partial charge in [0.15, 0.2) is 0 Å². The van der Waals surface area contributed by atoms with Crippen LogP contribution in [0.4, 0.5) is 0 Å². The zero-order chi connectivity index (χ0) is 26.3. The molecule has 0 saturated carbocycles. The van der Waals surface area contributed by atoms with E-state index in [2.05, 4.69) is 55.3 Å². The topological polar surface area (TPSA) is 95.9 Å². The second kappa shape index (κ2) is 9.97. The first-order chi connectivity index (χ1) is 17.8. The Morgan fingerprint density at radius 1 is 1.35 bits per heavy atom. The molecule has 37 heavy (non-hydrogen) atoms. The van der Waals surface area contributed by atoms with Crippen molar-refractivity contribution in [2.45, 2.75) is 46.1 Å². The lowest BCUT2D eigenvalue weighted by atomic mass is 10.1. The second-order valence-electron chi connectivity index (χ2n) is 10.1. The lowest BCUT2D eigenvalue weighted by Gasteiger charge is -2.32. The van der Waals surface area contributed by atoms with E-state index >= 15 is 0 Å². The van der Waals surface area contributed by atoms with Gasteiger partial charge in [0.05, 0.1) is 28.3 Å². The lowest BCUT2D eigenvalue weighted by Crippen LogP contribution is -2.49. The third-order valence-electron chi connectivity index (χ3n) is 6.80. The molecule has 0 unspecified atom stereocenters. The molecule has 192 valence electrons. The molecule has 2 amide bonds. The van der Waals surface area contributed by atoms with E-state index in [1.807, 2.05) is 16.8 Å². The van der Waals surface area contributed by atoms with Crippen LogP contribution in [0.5, 0.6) is 0 Å². The molecular formula is C28H32N6O2S. The van der Waals surface area contributed by atoms with Crippen molar-refractivity contribution in [3.05, 3.63) is 58.8 Å². The van der Waals surface area contributed by atoms with E-state index in [-0.39, 0.29) is 17.9 Å². The minimum Gasteiger partial charge on any atom is -0.347 e. The molecular weight excluding hydrogens is 484 g/mol. The highest BCUT2D eigenvalue weighted by Gasteiger charge is 2.26. The first kappa shape index (κ1) is 25.0. The van der Waals surface area contributed by atoms with Gasteiger partial charge in [-0.3, -0.25) is 19.1 Å². The Morgan fingerprint density at radius 3 is 2.89 bits per heavy atom. The molecule has 0 bridgehead atoms. The fourth-order valence-corrected chi connectivity index (χ4v) is 6.16. The highest BCUT2D eigenvalue weighted by molar-refractivity contribution is 7.21. The third-order valence-corrected chi connectivity index (χ3v) is 7.89. The molecule has 1 atom stereocenters. The van der Waals surface area contributed by atoms with Crippen LogP contribution in [0.2, 0.25) is 0 Å². The summed E-state index contributed by atoms with van der Waals surface area (Å²) in [6.07, 6.45) is 7.57. The van der Waals surface area contributed by atoms with Gasteiger partial charge in [-0.15, -0.1) is 11.3 Å². The molecule has 8 nitrogen and oxygen atoms in total. The number of piperidine rings is 1. The normalized spacial score (nSPS) is 16.0. The predicted molar refractivity (Wildman–Crippen MR) is 149 cm³/mol. The van der Waals surface area contributed by atoms with Crippen LogP contribution < -0.4 is 10.8 Å². The van der Waals surface area contributed by atoms with Gasteiger partial charge < -0.3 is 15.2 Å². The summed E-state index contributed by atoms with van der Waals surface area (Å²) in [5.41, 5.74) is 5.40. The van der Waals surface area contributed by atoms with Crippen molar-refractivity contribution in [1.29, 1.82) is 0 Å². The van der Waals surface area contributed by atoms with E-state index in [9.17, 15) is 9.59 Å². The van der Waals surface area contributed by atoms with E-state index in [1.165, 1.54) is 17.4 Å². The van der Waals surface area contributed by atoms with Crippen molar-refractivity contribution >= 4 is 51.0 Å². The SMILES string of the molecule is C=CC(=O)N1CCC[C@@H](NC(=O)c2sc3nccc4c3c2[nH]c(=C)n4-c2cnc(CC(C)C)cc2C)C1. The predicted octanol–water partition coefficient (Wildman–Crippen LogP) is 4.07. The first-order valence-electron chi connectivity index (χ1n) is 12.6. The number of nitrogens with one attached hydrogen (secondary N) is 2. The first-order valence-corrected chi connectivity index (χ1v) is 13.4. The number of hydrogen-bond donors (Lipinski definition) is 2. The molecule has 2 N–H and O–H groups in total. The van der Waals surface area contributed by atoms with Gasteiger partial charge in [0.1, 0.15) is 15.2 Å². The maximum Gasteiger partial charge on any atom is 0.263 e. The maximum atomic E-state index is 13.4. The summed E-state index contributed by atoms with van der Waals surface area (Å²) >= 11 is 1.36. The summed E-state index contributed by atoms with van der Waals surface area (Å²) < 4.78 is 2.05. The third kappa shape index (κ3) is 4.71. The Kier molecular flexibility index (Phi) is 6.72. The minimum atomic E-state index is -0.175. The number of thiophene rings is 1. The summed E-state index contributed by atoms with van der Waals surface area (Å²) in [5.74, 6) is 0.248. The smallest absolute Gasteiger partial charge is 0.263 e. The highest BCUT2D eigenvalue weighted by Crippen LogP contribution is 2.34. The van der Waals surface area contributed by atoms with E-state index in [4.69, 9.17) is 4.98 Å². The Hall–Kier alpha value is -3.72. The van der Waals surface area contributed by atoms with Crippen molar-refractivity contribution in [3.63, 3.8) is 0 Å². The molecule has 4 aromatic rings. The van der Waals surface area contributed by atoms with Crippen LogP contribution in [-0.2, 0) is 11.2 Å². The summed E-state index contributed by atoms with van der Waals surface area (Å²) in [4.78, 5) is 41.2. The standard InChI is InChI=1S/C28H32N6O2S/c1-6-23(35)33-11-7-8-19(15-33)32-27(36)26-25-24-21(9-10-29-28(24)37-26)34(18(5)31-25)22-14-30-20(12-16(2)3)13-17(22)4/h6,9-10,13-14,16,19,31H,1,5,7-8,11-12,15H2,2-4H3,(H,32,36)/t19-/m1/s1. The molecule has 0 aromatic carbocycles. The Balaban J connectivity index is 1.53. The Labute approximate surface area is 219 Å². The number of amides is 2. The van der Waals surface area contributed by atoms with Gasteiger partial charge in [-0.05, 0) is 55.9 Å². The van der Waals surface area contributed by atoms with E-state index in [0.717, 1.165) is 57.5 Å². The molecule has 4 aromatic heterocycles. The zero-order valence-electron chi connectivity index (χ0n) is 21.5. The number of pyridine rings is 2. The quantitative estimate of drug-likeness (QED) is 0.378. The van der Waals surface area contributed by atoms with E-state index < -0.39 is 0 Å².